The molecule has 0 N–H and O–H groups in total. The second kappa shape index (κ2) is 7.36. The fraction of sp³-hybridized carbons (Fsp3) is 0.421. The summed E-state index contributed by atoms with van der Waals surface area (Å²) < 4.78 is 0. The average molecular weight is 309 g/mol. The van der Waals surface area contributed by atoms with Crippen LogP contribution in [0.2, 0.25) is 0 Å². The minimum absolute atomic E-state index is 0.243. The molecule has 120 valence electrons. The molecular weight excluding hydrogens is 286 g/mol. The van der Waals surface area contributed by atoms with Crippen molar-refractivity contribution < 1.29 is 4.79 Å². The number of benzene rings is 1. The Morgan fingerprint density at radius 1 is 1.13 bits per heavy atom. The van der Waals surface area contributed by atoms with Gasteiger partial charge in [0.1, 0.15) is 6.33 Å². The molecule has 0 aliphatic carbocycles. The highest BCUT2D eigenvalue weighted by molar-refractivity contribution is 5.76. The van der Waals surface area contributed by atoms with Crippen molar-refractivity contribution in [3.8, 4) is 0 Å². The van der Waals surface area contributed by atoms with Gasteiger partial charge >= 0.3 is 0 Å². The van der Waals surface area contributed by atoms with E-state index in [1.165, 1.54) is 11.1 Å². The largest absolute Gasteiger partial charge is 0.342 e. The molecular formula is C19H23N3O. The first kappa shape index (κ1) is 15.7. The fourth-order valence-corrected chi connectivity index (χ4v) is 3.20. The zero-order valence-corrected chi connectivity index (χ0v) is 13.7. The third-order valence-corrected chi connectivity index (χ3v) is 4.53. The monoisotopic (exact) mass is 309 g/mol. The molecule has 0 unspecified atom stereocenters. The van der Waals surface area contributed by atoms with E-state index in [9.17, 15) is 4.79 Å². The quantitative estimate of drug-likeness (QED) is 0.872. The maximum atomic E-state index is 12.5. The lowest BCUT2D eigenvalue weighted by atomic mass is 10.1. The highest BCUT2D eigenvalue weighted by Crippen LogP contribution is 2.18. The third-order valence-electron chi connectivity index (χ3n) is 4.53. The number of hydrogen-bond donors (Lipinski definition) is 0. The van der Waals surface area contributed by atoms with Crippen molar-refractivity contribution in [2.75, 3.05) is 13.1 Å². The molecule has 1 amide bonds. The predicted octanol–water partition coefficient (Wildman–Crippen LogP) is 2.60. The molecule has 1 aromatic heterocycles. The molecule has 23 heavy (non-hydrogen) atoms. The molecule has 1 aliphatic heterocycles. The molecule has 1 aromatic carbocycles. The molecule has 0 saturated heterocycles. The van der Waals surface area contributed by atoms with Crippen LogP contribution < -0.4 is 0 Å². The van der Waals surface area contributed by atoms with Gasteiger partial charge in [-0.1, -0.05) is 37.3 Å². The summed E-state index contributed by atoms with van der Waals surface area (Å²) in [5, 5.41) is 0. The van der Waals surface area contributed by atoms with E-state index >= 15 is 0 Å². The lowest BCUT2D eigenvalue weighted by Crippen LogP contribution is -2.33. The second-order valence-corrected chi connectivity index (χ2v) is 5.97. The lowest BCUT2D eigenvalue weighted by Gasteiger charge is -2.20. The van der Waals surface area contributed by atoms with Crippen molar-refractivity contribution in [2.24, 2.45) is 0 Å². The Hall–Kier alpha value is -2.23. The lowest BCUT2D eigenvalue weighted by molar-refractivity contribution is -0.131. The summed E-state index contributed by atoms with van der Waals surface area (Å²) in [6.45, 7) is 3.66. The smallest absolute Gasteiger partial charge is 0.222 e. The Bertz CT molecular complexity index is 670. The van der Waals surface area contributed by atoms with Crippen LogP contribution >= 0.6 is 0 Å². The summed E-state index contributed by atoms with van der Waals surface area (Å²) in [5.74, 6) is 0.243. The van der Waals surface area contributed by atoms with E-state index in [4.69, 9.17) is 0 Å². The number of carbonyl (C=O) groups is 1. The zero-order chi connectivity index (χ0) is 16.1. The molecule has 0 fully saturated rings. The van der Waals surface area contributed by atoms with Crippen LogP contribution in [0.25, 0.3) is 0 Å². The van der Waals surface area contributed by atoms with Gasteiger partial charge in [-0.25, -0.2) is 9.97 Å². The highest BCUT2D eigenvalue weighted by atomic mass is 16.2. The van der Waals surface area contributed by atoms with Gasteiger partial charge in [0, 0.05) is 37.3 Å². The van der Waals surface area contributed by atoms with E-state index in [1.54, 1.807) is 6.33 Å². The average Bonchev–Trinajstić information content (AvgIpc) is 2.83. The fourth-order valence-electron chi connectivity index (χ4n) is 3.20. The molecule has 2 aromatic rings. The van der Waals surface area contributed by atoms with Crippen LogP contribution in [0.3, 0.4) is 0 Å². The maximum Gasteiger partial charge on any atom is 0.222 e. The highest BCUT2D eigenvalue weighted by Gasteiger charge is 2.20. The number of aryl methyl sites for hydroxylation is 2. The normalized spacial score (nSPS) is 14.2. The van der Waals surface area contributed by atoms with Crippen molar-refractivity contribution in [1.82, 2.24) is 14.9 Å². The van der Waals surface area contributed by atoms with E-state index in [1.807, 2.05) is 23.1 Å². The van der Waals surface area contributed by atoms with E-state index in [-0.39, 0.29) is 5.91 Å². The topological polar surface area (TPSA) is 46.1 Å². The summed E-state index contributed by atoms with van der Waals surface area (Å²) >= 11 is 0. The van der Waals surface area contributed by atoms with Gasteiger partial charge in [-0.2, -0.15) is 0 Å². The summed E-state index contributed by atoms with van der Waals surface area (Å²) in [6.07, 6.45) is 5.67. The van der Waals surface area contributed by atoms with Crippen molar-refractivity contribution in [3.05, 3.63) is 59.2 Å². The van der Waals surface area contributed by atoms with Crippen LogP contribution in [0, 0.1) is 0 Å². The van der Waals surface area contributed by atoms with Gasteiger partial charge in [-0.15, -0.1) is 0 Å². The molecule has 0 atom stereocenters. The Morgan fingerprint density at radius 3 is 2.70 bits per heavy atom. The van der Waals surface area contributed by atoms with Crippen LogP contribution in [-0.4, -0.2) is 33.9 Å². The van der Waals surface area contributed by atoms with Crippen molar-refractivity contribution in [1.29, 1.82) is 0 Å². The van der Waals surface area contributed by atoms with Gasteiger partial charge in [-0.3, -0.25) is 4.79 Å². The summed E-state index contributed by atoms with van der Waals surface area (Å²) in [5.41, 5.74) is 4.73. The van der Waals surface area contributed by atoms with Crippen molar-refractivity contribution in [3.63, 3.8) is 0 Å². The minimum Gasteiger partial charge on any atom is -0.342 e. The number of rotatable bonds is 4. The van der Waals surface area contributed by atoms with Crippen molar-refractivity contribution in [2.45, 2.75) is 39.0 Å². The molecule has 4 nitrogen and oxygen atoms in total. The van der Waals surface area contributed by atoms with E-state index in [0.717, 1.165) is 50.2 Å². The van der Waals surface area contributed by atoms with Crippen LogP contribution in [0.5, 0.6) is 0 Å². The molecule has 4 heteroatoms. The zero-order valence-electron chi connectivity index (χ0n) is 13.7. The molecule has 0 radical (unpaired) electrons. The Balaban J connectivity index is 1.61. The molecule has 1 aliphatic rings. The van der Waals surface area contributed by atoms with Gasteiger partial charge < -0.3 is 4.90 Å². The standard InChI is InChI=1S/C19H23N3O/c1-2-17-16-10-12-22(13-11-18(16)21-14-20-17)19(23)9-8-15-6-4-3-5-7-15/h3-7,14H,2,8-13H2,1H3. The van der Waals surface area contributed by atoms with Gasteiger partial charge in [0.25, 0.3) is 0 Å². The summed E-state index contributed by atoms with van der Waals surface area (Å²) in [4.78, 5) is 23.3. The van der Waals surface area contributed by atoms with Gasteiger partial charge in [-0.05, 0) is 30.4 Å². The van der Waals surface area contributed by atoms with Gasteiger partial charge in [0.15, 0.2) is 0 Å². The van der Waals surface area contributed by atoms with Crippen LogP contribution in [0.15, 0.2) is 36.7 Å². The number of hydrogen-bond acceptors (Lipinski definition) is 3. The Labute approximate surface area is 137 Å². The molecule has 0 bridgehead atoms. The third kappa shape index (κ3) is 3.76. The Kier molecular flexibility index (Phi) is 5.01. The first-order valence-electron chi connectivity index (χ1n) is 8.41. The van der Waals surface area contributed by atoms with E-state index in [2.05, 4.69) is 29.0 Å². The first-order valence-corrected chi connectivity index (χ1v) is 8.41. The molecule has 0 spiro atoms. The number of carbonyl (C=O) groups excluding carboxylic acids is 1. The number of amides is 1. The van der Waals surface area contributed by atoms with Crippen LogP contribution in [0.4, 0.5) is 0 Å². The minimum atomic E-state index is 0.243. The predicted molar refractivity (Wildman–Crippen MR) is 90.2 cm³/mol. The van der Waals surface area contributed by atoms with E-state index in [0.29, 0.717) is 6.42 Å². The summed E-state index contributed by atoms with van der Waals surface area (Å²) in [7, 11) is 0. The number of nitrogens with zero attached hydrogens (tertiary/aromatic N) is 3. The maximum absolute atomic E-state index is 12.5. The molecule has 0 saturated carbocycles. The first-order chi connectivity index (χ1) is 11.3. The molecule has 2 heterocycles. The summed E-state index contributed by atoms with van der Waals surface area (Å²) in [6, 6.07) is 10.2. The molecule has 3 rings (SSSR count). The number of aromatic nitrogens is 2. The van der Waals surface area contributed by atoms with Crippen LogP contribution in [-0.2, 0) is 30.5 Å². The second-order valence-electron chi connectivity index (χ2n) is 5.97. The number of fused-ring (bicyclic) bond motifs is 1. The van der Waals surface area contributed by atoms with Crippen LogP contribution in [0.1, 0.15) is 35.9 Å². The van der Waals surface area contributed by atoms with Crippen molar-refractivity contribution >= 4 is 5.91 Å². The SMILES string of the molecule is CCc1ncnc2c1CCN(C(=O)CCc1ccccc1)CC2. The van der Waals surface area contributed by atoms with Gasteiger partial charge in [0.05, 0.1) is 0 Å². The van der Waals surface area contributed by atoms with E-state index < -0.39 is 0 Å². The Morgan fingerprint density at radius 2 is 1.91 bits per heavy atom. The van der Waals surface area contributed by atoms with Gasteiger partial charge in [0.2, 0.25) is 5.91 Å².